The van der Waals surface area contributed by atoms with Crippen molar-refractivity contribution in [3.05, 3.63) is 24.4 Å². The van der Waals surface area contributed by atoms with Crippen LogP contribution < -0.4 is 0 Å². The fourth-order valence-corrected chi connectivity index (χ4v) is 4.09. The lowest BCUT2D eigenvalue weighted by Crippen LogP contribution is -2.52. The van der Waals surface area contributed by atoms with E-state index in [9.17, 15) is 29.7 Å². The van der Waals surface area contributed by atoms with Gasteiger partial charge >= 0.3 is 17.9 Å². The fourth-order valence-electron chi connectivity index (χ4n) is 4.09. The van der Waals surface area contributed by atoms with Crippen molar-refractivity contribution in [1.82, 2.24) is 19.6 Å². The number of aliphatic carboxylic acids is 3. The second-order valence-corrected chi connectivity index (χ2v) is 9.23. The SMILES string of the molecule is CC1C=CN=C(CN2CCN([C@H](C)C(=O)O)CCN(CC(=O)O)CCN([C@H](C)C(=O)O)CC2)C=C1. The van der Waals surface area contributed by atoms with Gasteiger partial charge in [-0.3, -0.25) is 39.0 Å². The minimum absolute atomic E-state index is 0.186. The summed E-state index contributed by atoms with van der Waals surface area (Å²) in [5.41, 5.74) is 0.890. The normalized spacial score (nSPS) is 24.0. The third-order valence-corrected chi connectivity index (χ3v) is 6.59. The molecule has 1 saturated heterocycles. The van der Waals surface area contributed by atoms with Crippen LogP contribution in [-0.2, 0) is 14.4 Å². The zero-order chi connectivity index (χ0) is 26.0. The first kappa shape index (κ1) is 28.6. The van der Waals surface area contributed by atoms with Gasteiger partial charge in [0.1, 0.15) is 12.1 Å². The Morgan fingerprint density at radius 2 is 1.34 bits per heavy atom. The minimum Gasteiger partial charge on any atom is -0.480 e. The maximum atomic E-state index is 11.7. The van der Waals surface area contributed by atoms with Crippen LogP contribution >= 0.6 is 0 Å². The van der Waals surface area contributed by atoms with Crippen molar-refractivity contribution in [2.45, 2.75) is 32.9 Å². The van der Waals surface area contributed by atoms with Crippen LogP contribution in [0.15, 0.2) is 29.4 Å². The molecular formula is C24H39N5O6. The number of carbonyl (C=O) groups is 3. The van der Waals surface area contributed by atoms with Crippen molar-refractivity contribution >= 4 is 23.6 Å². The third kappa shape index (κ3) is 9.88. The predicted octanol–water partition coefficient (Wildman–Crippen LogP) is 0.399. The molecule has 2 aliphatic heterocycles. The molecule has 0 aromatic rings. The number of rotatable bonds is 8. The first-order chi connectivity index (χ1) is 16.6. The van der Waals surface area contributed by atoms with Gasteiger partial charge in [-0.2, -0.15) is 0 Å². The topological polar surface area (TPSA) is 137 Å². The zero-order valence-electron chi connectivity index (χ0n) is 20.9. The van der Waals surface area contributed by atoms with Crippen molar-refractivity contribution < 1.29 is 29.7 Å². The molecule has 0 amide bonds. The molecule has 2 heterocycles. The summed E-state index contributed by atoms with van der Waals surface area (Å²) in [6.07, 6.45) is 7.88. The molecule has 1 unspecified atom stereocenters. The molecule has 0 aliphatic carbocycles. The quantitative estimate of drug-likeness (QED) is 0.436. The van der Waals surface area contributed by atoms with Crippen LogP contribution in [0.2, 0.25) is 0 Å². The maximum absolute atomic E-state index is 11.7. The Morgan fingerprint density at radius 3 is 1.80 bits per heavy atom. The third-order valence-electron chi connectivity index (χ3n) is 6.59. The number of nitrogens with zero attached hydrogens (tertiary/aromatic N) is 5. The second kappa shape index (κ2) is 14.1. The van der Waals surface area contributed by atoms with E-state index in [4.69, 9.17) is 0 Å². The highest BCUT2D eigenvalue weighted by Gasteiger charge is 2.26. The number of carboxylic acid groups (broad SMARTS) is 3. The molecule has 0 bridgehead atoms. The van der Waals surface area contributed by atoms with Gasteiger partial charge in [-0.1, -0.05) is 19.1 Å². The van der Waals surface area contributed by atoms with Crippen LogP contribution in [0.3, 0.4) is 0 Å². The number of aliphatic imine (C=N–C) groups is 1. The largest absolute Gasteiger partial charge is 0.480 e. The fraction of sp³-hybridized carbons (Fsp3) is 0.667. The highest BCUT2D eigenvalue weighted by molar-refractivity contribution is 5.97. The Morgan fingerprint density at radius 1 is 0.857 bits per heavy atom. The summed E-state index contributed by atoms with van der Waals surface area (Å²) < 4.78 is 0. The van der Waals surface area contributed by atoms with E-state index in [-0.39, 0.29) is 12.5 Å². The van der Waals surface area contributed by atoms with Crippen molar-refractivity contribution in [1.29, 1.82) is 0 Å². The summed E-state index contributed by atoms with van der Waals surface area (Å²) in [4.78, 5) is 47.0. The van der Waals surface area contributed by atoms with Gasteiger partial charge in [-0.25, -0.2) is 0 Å². The summed E-state index contributed by atoms with van der Waals surface area (Å²) in [5, 5.41) is 28.5. The Bertz CT molecular complexity index is 793. The van der Waals surface area contributed by atoms with Crippen molar-refractivity contribution in [2.75, 3.05) is 65.4 Å². The number of allylic oxidation sites excluding steroid dienone is 2. The van der Waals surface area contributed by atoms with Crippen LogP contribution in [0, 0.1) is 5.92 Å². The molecule has 196 valence electrons. The van der Waals surface area contributed by atoms with E-state index < -0.39 is 30.0 Å². The van der Waals surface area contributed by atoms with Gasteiger partial charge in [-0.15, -0.1) is 0 Å². The number of hydrogen-bond donors (Lipinski definition) is 3. The highest BCUT2D eigenvalue weighted by Crippen LogP contribution is 2.09. The van der Waals surface area contributed by atoms with Crippen LogP contribution in [-0.4, -0.2) is 136 Å². The number of hydrogen-bond acceptors (Lipinski definition) is 8. The molecule has 2 aliphatic rings. The first-order valence-electron chi connectivity index (χ1n) is 12.1. The summed E-state index contributed by atoms with van der Waals surface area (Å²) in [5.74, 6) is -2.54. The monoisotopic (exact) mass is 493 g/mol. The minimum atomic E-state index is -0.973. The average molecular weight is 494 g/mol. The van der Waals surface area contributed by atoms with E-state index in [1.807, 2.05) is 22.0 Å². The van der Waals surface area contributed by atoms with Gasteiger partial charge < -0.3 is 15.3 Å². The molecular weight excluding hydrogens is 454 g/mol. The highest BCUT2D eigenvalue weighted by atomic mass is 16.4. The van der Waals surface area contributed by atoms with Crippen LogP contribution in [0.25, 0.3) is 0 Å². The molecule has 3 N–H and O–H groups in total. The molecule has 35 heavy (non-hydrogen) atoms. The predicted molar refractivity (Wildman–Crippen MR) is 133 cm³/mol. The number of carboxylic acids is 3. The van der Waals surface area contributed by atoms with Crippen LogP contribution in [0.1, 0.15) is 20.8 Å². The van der Waals surface area contributed by atoms with Gasteiger partial charge in [0.15, 0.2) is 0 Å². The van der Waals surface area contributed by atoms with Crippen molar-refractivity contribution in [3.63, 3.8) is 0 Å². The zero-order valence-corrected chi connectivity index (χ0v) is 20.9. The van der Waals surface area contributed by atoms with E-state index in [0.29, 0.717) is 58.9 Å². The van der Waals surface area contributed by atoms with Gasteiger partial charge in [0.2, 0.25) is 0 Å². The lowest BCUT2D eigenvalue weighted by molar-refractivity contribution is -0.143. The lowest BCUT2D eigenvalue weighted by atomic mass is 10.1. The van der Waals surface area contributed by atoms with Gasteiger partial charge in [0, 0.05) is 65.1 Å². The molecule has 0 aromatic carbocycles. The van der Waals surface area contributed by atoms with E-state index in [0.717, 1.165) is 5.71 Å². The second-order valence-electron chi connectivity index (χ2n) is 9.23. The van der Waals surface area contributed by atoms with E-state index in [1.165, 1.54) is 0 Å². The smallest absolute Gasteiger partial charge is 0.320 e. The Hall–Kier alpha value is -2.60. The molecule has 0 spiro atoms. The Kier molecular flexibility index (Phi) is 11.5. The van der Waals surface area contributed by atoms with Crippen LogP contribution in [0.5, 0.6) is 0 Å². The Labute approximate surface area is 207 Å². The molecule has 3 atom stereocenters. The van der Waals surface area contributed by atoms with Gasteiger partial charge in [0.05, 0.1) is 12.3 Å². The first-order valence-corrected chi connectivity index (χ1v) is 12.1. The summed E-state index contributed by atoms with van der Waals surface area (Å²) in [7, 11) is 0. The maximum Gasteiger partial charge on any atom is 0.320 e. The molecule has 11 heteroatoms. The molecule has 11 nitrogen and oxygen atoms in total. The van der Waals surface area contributed by atoms with E-state index in [2.05, 4.69) is 22.9 Å². The van der Waals surface area contributed by atoms with Gasteiger partial charge in [-0.05, 0) is 25.8 Å². The molecule has 2 rings (SSSR count). The molecule has 0 radical (unpaired) electrons. The molecule has 1 fully saturated rings. The lowest BCUT2D eigenvalue weighted by Gasteiger charge is -2.36. The molecule has 0 aromatic heterocycles. The standard InChI is InChI=1S/C24H39N5O6/c1-18-4-5-21(25-7-6-18)16-26-8-12-28(19(2)23(32)33)14-10-27(17-22(30)31)11-15-29(13-9-26)20(3)24(34)35/h4-7,18-20H,8-17H2,1-3H3,(H,30,31)(H,32,33)(H,34,35)/t18?,19-,20-/m1/s1. The van der Waals surface area contributed by atoms with Crippen molar-refractivity contribution in [2.24, 2.45) is 10.9 Å². The van der Waals surface area contributed by atoms with E-state index in [1.54, 1.807) is 24.9 Å². The van der Waals surface area contributed by atoms with Crippen molar-refractivity contribution in [3.8, 4) is 0 Å². The van der Waals surface area contributed by atoms with Gasteiger partial charge in [0.25, 0.3) is 0 Å². The Balaban J connectivity index is 2.25. The van der Waals surface area contributed by atoms with E-state index >= 15 is 0 Å². The summed E-state index contributed by atoms with van der Waals surface area (Å²) >= 11 is 0. The van der Waals surface area contributed by atoms with Crippen LogP contribution in [0.4, 0.5) is 0 Å². The molecule has 0 saturated carbocycles. The summed E-state index contributed by atoms with van der Waals surface area (Å²) in [6, 6.07) is -1.43. The summed E-state index contributed by atoms with van der Waals surface area (Å²) in [6.45, 7) is 9.35. The average Bonchev–Trinajstić information content (AvgIpc) is 2.99.